The van der Waals surface area contributed by atoms with Crippen LogP contribution in [0.25, 0.3) is 0 Å². The molecule has 1 aliphatic heterocycles. The summed E-state index contributed by atoms with van der Waals surface area (Å²) < 4.78 is 26.6. The predicted octanol–water partition coefficient (Wildman–Crippen LogP) is -1.03. The van der Waals surface area contributed by atoms with Crippen LogP contribution in [0.2, 0.25) is 0 Å². The van der Waals surface area contributed by atoms with Crippen molar-refractivity contribution >= 4 is 26.5 Å². The van der Waals surface area contributed by atoms with E-state index in [4.69, 9.17) is 0 Å². The molecule has 9 nitrogen and oxygen atoms in total. The van der Waals surface area contributed by atoms with Gasteiger partial charge in [-0.15, -0.1) is 0 Å². The summed E-state index contributed by atoms with van der Waals surface area (Å²) in [7, 11) is -4.10. The Balaban J connectivity index is 1.94. The van der Waals surface area contributed by atoms with Gasteiger partial charge in [0.2, 0.25) is 0 Å². The monoisotopic (exact) mass is 329 g/mol. The molecule has 0 unspecified atom stereocenters. The molecule has 0 bridgehead atoms. The summed E-state index contributed by atoms with van der Waals surface area (Å²) in [4.78, 5) is 31.1. The molecule has 21 heavy (non-hydrogen) atoms. The maximum Gasteiger partial charge on any atom is 0.325 e. The number of H-pyrrole nitrogens is 2. The fourth-order valence-corrected chi connectivity index (χ4v) is 4.16. The number of aromatic nitrogens is 3. The van der Waals surface area contributed by atoms with Crippen LogP contribution < -0.4 is 21.3 Å². The molecule has 1 aliphatic rings. The van der Waals surface area contributed by atoms with Gasteiger partial charge in [-0.25, -0.2) is 18.2 Å². The summed E-state index contributed by atoms with van der Waals surface area (Å²) in [6.45, 7) is 1.44. The van der Waals surface area contributed by atoms with Gasteiger partial charge in [0.05, 0.1) is 5.69 Å². The minimum absolute atomic E-state index is 0.203. The van der Waals surface area contributed by atoms with Crippen molar-refractivity contribution in [2.75, 3.05) is 11.3 Å². The third-order valence-corrected chi connectivity index (χ3v) is 5.39. The van der Waals surface area contributed by atoms with Crippen LogP contribution in [-0.4, -0.2) is 29.9 Å². The number of rotatable bonds is 3. The second kappa shape index (κ2) is 5.09. The second-order valence-corrected chi connectivity index (χ2v) is 7.09. The third kappa shape index (κ3) is 2.75. The van der Waals surface area contributed by atoms with E-state index in [-0.39, 0.29) is 5.13 Å². The van der Waals surface area contributed by atoms with Gasteiger partial charge in [0, 0.05) is 30.6 Å². The molecule has 0 aromatic carbocycles. The van der Waals surface area contributed by atoms with E-state index in [2.05, 4.69) is 20.0 Å². The Kier molecular flexibility index (Phi) is 3.39. The molecule has 3 heterocycles. The standard InChI is InChI=1S/C10H11N5O4S2/c16-8-7(4-12-9(17)14-8)21(18,19)15-10-13-5-1-2-11-3-6(5)20-10/h4,11H,1-3H2,(H,13,15)(H2,12,14,16,17). The van der Waals surface area contributed by atoms with Gasteiger partial charge in [0.25, 0.3) is 15.6 Å². The lowest BCUT2D eigenvalue weighted by atomic mass is 10.2. The molecular weight excluding hydrogens is 318 g/mol. The lowest BCUT2D eigenvalue weighted by molar-refractivity contribution is 0.599. The summed E-state index contributed by atoms with van der Waals surface area (Å²) in [5, 5.41) is 3.37. The molecule has 0 spiro atoms. The SMILES string of the molecule is O=c1[nH]cc(S(=O)(=O)Nc2nc3c(s2)CNCC3)c(=O)[nH]1. The van der Waals surface area contributed by atoms with E-state index in [9.17, 15) is 18.0 Å². The minimum atomic E-state index is -4.10. The molecule has 0 radical (unpaired) electrons. The second-order valence-electron chi connectivity index (χ2n) is 4.36. The first kappa shape index (κ1) is 14.0. The van der Waals surface area contributed by atoms with Gasteiger partial charge >= 0.3 is 5.69 Å². The summed E-state index contributed by atoms with van der Waals surface area (Å²) in [5.74, 6) is 0. The fraction of sp³-hybridized carbons (Fsp3) is 0.300. The van der Waals surface area contributed by atoms with Gasteiger partial charge in [-0.3, -0.25) is 14.5 Å². The number of fused-ring (bicyclic) bond motifs is 1. The van der Waals surface area contributed by atoms with Crippen molar-refractivity contribution < 1.29 is 8.42 Å². The van der Waals surface area contributed by atoms with Crippen LogP contribution in [0, 0.1) is 0 Å². The Morgan fingerprint density at radius 3 is 2.86 bits per heavy atom. The molecule has 2 aromatic rings. The zero-order valence-electron chi connectivity index (χ0n) is 10.6. The van der Waals surface area contributed by atoms with Gasteiger partial charge in [0.1, 0.15) is 0 Å². The van der Waals surface area contributed by atoms with Crippen LogP contribution in [0.5, 0.6) is 0 Å². The van der Waals surface area contributed by atoms with Gasteiger partial charge in [-0.1, -0.05) is 11.3 Å². The molecule has 0 amide bonds. The van der Waals surface area contributed by atoms with Crippen LogP contribution in [0.3, 0.4) is 0 Å². The highest BCUT2D eigenvalue weighted by atomic mass is 32.2. The highest BCUT2D eigenvalue weighted by Gasteiger charge is 2.22. The number of sulfonamides is 1. The maximum atomic E-state index is 12.1. The summed E-state index contributed by atoms with van der Waals surface area (Å²) in [5.41, 5.74) is -0.893. The number of hydrogen-bond acceptors (Lipinski definition) is 7. The molecule has 3 rings (SSSR count). The first-order valence-electron chi connectivity index (χ1n) is 6.00. The Hall–Kier alpha value is -1.98. The molecule has 0 fully saturated rings. The van der Waals surface area contributed by atoms with Crippen LogP contribution in [0.1, 0.15) is 10.6 Å². The molecule has 2 aromatic heterocycles. The van der Waals surface area contributed by atoms with E-state index >= 15 is 0 Å². The van der Waals surface area contributed by atoms with Crippen molar-refractivity contribution in [1.82, 2.24) is 20.3 Å². The Labute approximate surface area is 122 Å². The molecular formula is C10H11N5O4S2. The largest absolute Gasteiger partial charge is 0.325 e. The van der Waals surface area contributed by atoms with Crippen molar-refractivity contribution in [2.24, 2.45) is 0 Å². The van der Waals surface area contributed by atoms with Gasteiger partial charge in [-0.2, -0.15) is 0 Å². The Bertz CT molecular complexity index is 871. The van der Waals surface area contributed by atoms with Gasteiger partial charge < -0.3 is 10.3 Å². The van der Waals surface area contributed by atoms with Crippen LogP contribution in [-0.2, 0) is 23.0 Å². The lowest BCUT2D eigenvalue weighted by Crippen LogP contribution is -2.29. The first-order chi connectivity index (χ1) is 9.95. The average molecular weight is 329 g/mol. The highest BCUT2D eigenvalue weighted by molar-refractivity contribution is 7.92. The lowest BCUT2D eigenvalue weighted by Gasteiger charge is -2.09. The van der Waals surface area contributed by atoms with E-state index in [0.717, 1.165) is 29.7 Å². The summed E-state index contributed by atoms with van der Waals surface area (Å²) in [6, 6.07) is 0. The molecule has 0 aliphatic carbocycles. The molecule has 0 saturated heterocycles. The maximum absolute atomic E-state index is 12.1. The van der Waals surface area contributed by atoms with Gasteiger partial charge in [-0.05, 0) is 0 Å². The van der Waals surface area contributed by atoms with Crippen LogP contribution >= 0.6 is 11.3 Å². The topological polar surface area (TPSA) is 137 Å². The Morgan fingerprint density at radius 1 is 1.33 bits per heavy atom. The number of anilines is 1. The smallest absolute Gasteiger partial charge is 0.313 e. The van der Waals surface area contributed by atoms with E-state index in [0.29, 0.717) is 6.54 Å². The van der Waals surface area contributed by atoms with Crippen molar-refractivity contribution in [3.05, 3.63) is 37.6 Å². The summed E-state index contributed by atoms with van der Waals surface area (Å²) in [6.07, 6.45) is 1.59. The van der Waals surface area contributed by atoms with E-state index in [1.165, 1.54) is 11.3 Å². The van der Waals surface area contributed by atoms with Crippen molar-refractivity contribution in [3.8, 4) is 0 Å². The normalized spacial score (nSPS) is 14.7. The van der Waals surface area contributed by atoms with Crippen LogP contribution in [0.4, 0.5) is 5.13 Å². The number of nitrogens with one attached hydrogen (secondary N) is 4. The molecule has 112 valence electrons. The number of hydrogen-bond donors (Lipinski definition) is 4. The first-order valence-corrected chi connectivity index (χ1v) is 8.30. The van der Waals surface area contributed by atoms with Gasteiger partial charge in [0.15, 0.2) is 10.0 Å². The number of thiazole rings is 1. The zero-order valence-corrected chi connectivity index (χ0v) is 12.2. The quantitative estimate of drug-likeness (QED) is 0.568. The Morgan fingerprint density at radius 2 is 2.14 bits per heavy atom. The predicted molar refractivity (Wildman–Crippen MR) is 76.0 cm³/mol. The van der Waals surface area contributed by atoms with Crippen molar-refractivity contribution in [3.63, 3.8) is 0 Å². The van der Waals surface area contributed by atoms with E-state index in [1.54, 1.807) is 0 Å². The summed E-state index contributed by atoms with van der Waals surface area (Å²) >= 11 is 1.22. The zero-order chi connectivity index (χ0) is 15.0. The van der Waals surface area contributed by atoms with Crippen molar-refractivity contribution in [2.45, 2.75) is 17.9 Å². The van der Waals surface area contributed by atoms with Crippen molar-refractivity contribution in [1.29, 1.82) is 0 Å². The molecule has 0 saturated carbocycles. The average Bonchev–Trinajstić information content (AvgIpc) is 2.79. The highest BCUT2D eigenvalue weighted by Crippen LogP contribution is 2.26. The van der Waals surface area contributed by atoms with Crippen LogP contribution in [0.15, 0.2) is 20.7 Å². The van der Waals surface area contributed by atoms with E-state index < -0.39 is 26.2 Å². The number of aromatic amines is 2. The number of nitrogens with zero attached hydrogens (tertiary/aromatic N) is 1. The molecule has 0 atom stereocenters. The molecule has 4 N–H and O–H groups in total. The van der Waals surface area contributed by atoms with E-state index in [1.807, 2.05) is 4.98 Å². The molecule has 11 heteroatoms. The minimum Gasteiger partial charge on any atom is -0.313 e. The fourth-order valence-electron chi connectivity index (χ4n) is 1.94. The third-order valence-electron chi connectivity index (χ3n) is 2.90.